The average molecular weight is 306 g/mol. The van der Waals surface area contributed by atoms with Crippen molar-refractivity contribution < 1.29 is 18.4 Å². The zero-order valence-electron chi connectivity index (χ0n) is 10.4. The first-order valence-corrected chi connectivity index (χ1v) is 5.79. The van der Waals surface area contributed by atoms with Gasteiger partial charge in [0.25, 0.3) is 0 Å². The Bertz CT molecular complexity index is 507. The number of nitrogens with one attached hydrogen (secondary N) is 1. The van der Waals surface area contributed by atoms with Crippen LogP contribution in [-0.4, -0.2) is 30.9 Å². The third-order valence-corrected chi connectivity index (χ3v) is 2.93. The molecule has 8 heteroatoms. The molecule has 0 radical (unpaired) electrons. The molecule has 0 aromatic heterocycles. The lowest BCUT2D eigenvalue weighted by atomic mass is 10.2. The first-order valence-electron chi connectivity index (χ1n) is 5.79. The van der Waals surface area contributed by atoms with E-state index in [1.54, 1.807) is 0 Å². The smallest absolute Gasteiger partial charge is 0.249 e. The fourth-order valence-corrected chi connectivity index (χ4v) is 2.04. The minimum absolute atomic E-state index is 0. The van der Waals surface area contributed by atoms with E-state index < -0.39 is 29.5 Å². The Morgan fingerprint density at radius 3 is 2.55 bits per heavy atom. The predicted molar refractivity (Wildman–Crippen MR) is 71.6 cm³/mol. The summed E-state index contributed by atoms with van der Waals surface area (Å²) in [7, 11) is 0. The van der Waals surface area contributed by atoms with Crippen LogP contribution >= 0.6 is 12.4 Å². The second-order valence-electron chi connectivity index (χ2n) is 4.17. The van der Waals surface area contributed by atoms with Crippen LogP contribution in [0.4, 0.5) is 14.5 Å². The van der Waals surface area contributed by atoms with E-state index in [0.29, 0.717) is 6.42 Å². The van der Waals surface area contributed by atoms with Crippen molar-refractivity contribution in [3.05, 3.63) is 29.8 Å². The fourth-order valence-electron chi connectivity index (χ4n) is 2.04. The third-order valence-electron chi connectivity index (χ3n) is 2.93. The lowest BCUT2D eigenvalue weighted by Crippen LogP contribution is -2.44. The van der Waals surface area contributed by atoms with Crippen molar-refractivity contribution in [2.24, 2.45) is 5.73 Å². The second kappa shape index (κ2) is 6.62. The Labute approximate surface area is 120 Å². The molecule has 0 bridgehead atoms. The molecule has 1 saturated heterocycles. The third kappa shape index (κ3) is 3.05. The van der Waals surface area contributed by atoms with Crippen LogP contribution in [0, 0.1) is 11.6 Å². The van der Waals surface area contributed by atoms with Crippen LogP contribution in [-0.2, 0) is 9.59 Å². The molecular formula is C12H14ClF2N3O2. The van der Waals surface area contributed by atoms with Crippen molar-refractivity contribution in [2.45, 2.75) is 12.5 Å². The number of hydrogen-bond acceptors (Lipinski definition) is 3. The Morgan fingerprint density at radius 1 is 1.40 bits per heavy atom. The first-order chi connectivity index (χ1) is 9.04. The van der Waals surface area contributed by atoms with Gasteiger partial charge in [0.05, 0.1) is 6.54 Å². The molecule has 0 spiro atoms. The Kier molecular flexibility index (Phi) is 5.41. The van der Waals surface area contributed by atoms with Crippen molar-refractivity contribution in [3.63, 3.8) is 0 Å². The van der Waals surface area contributed by atoms with Crippen LogP contribution < -0.4 is 16.0 Å². The molecule has 0 aliphatic carbocycles. The molecule has 1 heterocycles. The van der Waals surface area contributed by atoms with Crippen molar-refractivity contribution in [1.29, 1.82) is 0 Å². The van der Waals surface area contributed by atoms with Gasteiger partial charge in [-0.1, -0.05) is 6.07 Å². The van der Waals surface area contributed by atoms with Gasteiger partial charge in [-0.3, -0.25) is 9.59 Å². The lowest BCUT2D eigenvalue weighted by molar-refractivity contribution is -0.125. The zero-order valence-corrected chi connectivity index (χ0v) is 11.3. The van der Waals surface area contributed by atoms with E-state index in [9.17, 15) is 18.4 Å². The molecule has 1 unspecified atom stereocenters. The maximum Gasteiger partial charge on any atom is 0.249 e. The average Bonchev–Trinajstić information content (AvgIpc) is 2.71. The minimum Gasteiger partial charge on any atom is -0.343 e. The summed E-state index contributed by atoms with van der Waals surface area (Å²) in [4.78, 5) is 24.1. The topological polar surface area (TPSA) is 75.4 Å². The van der Waals surface area contributed by atoms with Gasteiger partial charge < -0.3 is 16.0 Å². The number of hydrogen-bond donors (Lipinski definition) is 2. The number of carbonyl (C=O) groups is 2. The molecule has 1 aromatic rings. The molecule has 1 fully saturated rings. The number of nitrogens with zero attached hydrogens (tertiary/aromatic N) is 1. The van der Waals surface area contributed by atoms with Gasteiger partial charge in [0.2, 0.25) is 11.8 Å². The second-order valence-corrected chi connectivity index (χ2v) is 4.17. The summed E-state index contributed by atoms with van der Waals surface area (Å²) < 4.78 is 27.2. The van der Waals surface area contributed by atoms with Crippen LogP contribution in [0.5, 0.6) is 0 Å². The van der Waals surface area contributed by atoms with Gasteiger partial charge in [0, 0.05) is 6.54 Å². The van der Waals surface area contributed by atoms with Gasteiger partial charge in [-0.05, 0) is 18.6 Å². The van der Waals surface area contributed by atoms with Crippen LogP contribution in [0.1, 0.15) is 6.42 Å². The number of rotatable bonds is 3. The van der Waals surface area contributed by atoms with Crippen LogP contribution in [0.25, 0.3) is 0 Å². The van der Waals surface area contributed by atoms with Crippen molar-refractivity contribution >= 4 is 29.9 Å². The van der Waals surface area contributed by atoms with Gasteiger partial charge in [-0.15, -0.1) is 12.4 Å². The molecular weight excluding hydrogens is 292 g/mol. The molecule has 20 heavy (non-hydrogen) atoms. The molecule has 5 nitrogen and oxygen atoms in total. The summed E-state index contributed by atoms with van der Waals surface area (Å²) in [6.07, 6.45) is 0.290. The number of amides is 2. The standard InChI is InChI=1S/C12H13F2N3O2.ClH/c13-7-2-1-3-8(14)11(7)17-5-4-9(12(17)19)16-10(18)6-15;/h1-3,9H,4-6,15H2,(H,16,18);1H. The van der Waals surface area contributed by atoms with Crippen LogP contribution in [0.15, 0.2) is 18.2 Å². The number of benzene rings is 1. The molecule has 3 N–H and O–H groups in total. The highest BCUT2D eigenvalue weighted by atomic mass is 35.5. The molecule has 1 aliphatic rings. The first kappa shape index (κ1) is 16.3. The zero-order chi connectivity index (χ0) is 14.0. The minimum atomic E-state index is -0.806. The largest absolute Gasteiger partial charge is 0.343 e. The van der Waals surface area contributed by atoms with Crippen LogP contribution in [0.3, 0.4) is 0 Å². The lowest BCUT2D eigenvalue weighted by Gasteiger charge is -2.18. The summed E-state index contributed by atoms with van der Waals surface area (Å²) in [6, 6.07) is 2.60. The molecule has 1 aromatic carbocycles. The highest BCUT2D eigenvalue weighted by molar-refractivity contribution is 6.01. The summed E-state index contributed by atoms with van der Waals surface area (Å²) in [5.74, 6) is -2.63. The molecule has 2 amide bonds. The van der Waals surface area contributed by atoms with Gasteiger partial charge >= 0.3 is 0 Å². The summed E-state index contributed by atoms with van der Waals surface area (Å²) in [5.41, 5.74) is 4.75. The predicted octanol–water partition coefficient (Wildman–Crippen LogP) is 0.567. The number of anilines is 1. The fraction of sp³-hybridized carbons (Fsp3) is 0.333. The van der Waals surface area contributed by atoms with Gasteiger partial charge in [-0.25, -0.2) is 8.78 Å². The Hall–Kier alpha value is -1.73. The van der Waals surface area contributed by atoms with E-state index in [-0.39, 0.29) is 31.2 Å². The van der Waals surface area contributed by atoms with Gasteiger partial charge in [0.15, 0.2) is 0 Å². The number of nitrogens with two attached hydrogens (primary N) is 1. The van der Waals surface area contributed by atoms with Gasteiger partial charge in [-0.2, -0.15) is 0 Å². The van der Waals surface area contributed by atoms with E-state index in [1.807, 2.05) is 0 Å². The molecule has 2 rings (SSSR count). The monoisotopic (exact) mass is 305 g/mol. The van der Waals surface area contributed by atoms with E-state index in [1.165, 1.54) is 6.07 Å². The Morgan fingerprint density at radius 2 is 2.00 bits per heavy atom. The van der Waals surface area contributed by atoms with E-state index in [0.717, 1.165) is 17.0 Å². The molecule has 1 atom stereocenters. The van der Waals surface area contributed by atoms with E-state index in [4.69, 9.17) is 5.73 Å². The van der Waals surface area contributed by atoms with Crippen molar-refractivity contribution in [1.82, 2.24) is 5.32 Å². The molecule has 110 valence electrons. The Balaban J connectivity index is 0.00000200. The van der Waals surface area contributed by atoms with E-state index >= 15 is 0 Å². The number of carbonyl (C=O) groups excluding carboxylic acids is 2. The van der Waals surface area contributed by atoms with Gasteiger partial charge in [0.1, 0.15) is 23.4 Å². The quantitative estimate of drug-likeness (QED) is 0.857. The summed E-state index contributed by atoms with van der Waals surface area (Å²) >= 11 is 0. The van der Waals surface area contributed by atoms with Crippen molar-refractivity contribution in [2.75, 3.05) is 18.0 Å². The normalized spacial score (nSPS) is 17.9. The van der Waals surface area contributed by atoms with E-state index in [2.05, 4.69) is 5.32 Å². The molecule has 1 aliphatic heterocycles. The summed E-state index contributed by atoms with van der Waals surface area (Å²) in [5, 5.41) is 2.42. The maximum absolute atomic E-state index is 13.6. The summed E-state index contributed by atoms with van der Waals surface area (Å²) in [6.45, 7) is -0.0932. The highest BCUT2D eigenvalue weighted by Crippen LogP contribution is 2.27. The molecule has 0 saturated carbocycles. The number of halogens is 3. The number of para-hydroxylation sites is 1. The maximum atomic E-state index is 13.6. The highest BCUT2D eigenvalue weighted by Gasteiger charge is 2.35. The SMILES string of the molecule is Cl.NCC(=O)NC1CCN(c2c(F)cccc2F)C1=O. The van der Waals surface area contributed by atoms with Crippen molar-refractivity contribution in [3.8, 4) is 0 Å². The van der Waals surface area contributed by atoms with Crippen LogP contribution in [0.2, 0.25) is 0 Å².